The lowest BCUT2D eigenvalue weighted by Gasteiger charge is -2.11. The van der Waals surface area contributed by atoms with E-state index in [-0.39, 0.29) is 17.1 Å². The van der Waals surface area contributed by atoms with Gasteiger partial charge in [0.2, 0.25) is 5.91 Å². The summed E-state index contributed by atoms with van der Waals surface area (Å²) in [6.07, 6.45) is -0.212. The molecule has 0 aromatic heterocycles. The van der Waals surface area contributed by atoms with E-state index in [0.29, 0.717) is 11.4 Å². The predicted octanol–water partition coefficient (Wildman–Crippen LogP) is 2.95. The standard InChI is InChI=1S/C17H18FNO4S/c1-12-3-8-16(23-2)15(11-12)19-17(20)9-10-24(21,22)14-6-4-13(18)5-7-14/h3-8,11H,9-10H2,1-2H3,(H,19,20). The van der Waals surface area contributed by atoms with E-state index in [4.69, 9.17) is 4.74 Å². The average Bonchev–Trinajstić information content (AvgIpc) is 2.54. The van der Waals surface area contributed by atoms with Gasteiger partial charge in [0.15, 0.2) is 9.84 Å². The summed E-state index contributed by atoms with van der Waals surface area (Å²) >= 11 is 0. The van der Waals surface area contributed by atoms with Crippen molar-refractivity contribution in [3.63, 3.8) is 0 Å². The van der Waals surface area contributed by atoms with Gasteiger partial charge in [-0.15, -0.1) is 0 Å². The van der Waals surface area contributed by atoms with Crippen LogP contribution in [0.15, 0.2) is 47.4 Å². The second kappa shape index (κ2) is 7.44. The fraction of sp³-hybridized carbons (Fsp3) is 0.235. The van der Waals surface area contributed by atoms with E-state index in [2.05, 4.69) is 5.32 Å². The zero-order chi connectivity index (χ0) is 17.7. The Kier molecular flexibility index (Phi) is 5.56. The number of rotatable bonds is 6. The minimum absolute atomic E-state index is 0.00941. The van der Waals surface area contributed by atoms with Crippen molar-refractivity contribution in [1.29, 1.82) is 0 Å². The molecule has 2 rings (SSSR count). The third kappa shape index (κ3) is 4.55. The van der Waals surface area contributed by atoms with E-state index >= 15 is 0 Å². The largest absolute Gasteiger partial charge is 0.495 e. The molecule has 0 aliphatic heterocycles. The Hall–Kier alpha value is -2.41. The Morgan fingerprint density at radius 3 is 2.46 bits per heavy atom. The molecule has 0 aliphatic carbocycles. The number of ether oxygens (including phenoxy) is 1. The molecule has 128 valence electrons. The van der Waals surface area contributed by atoms with Crippen LogP contribution >= 0.6 is 0 Å². The van der Waals surface area contributed by atoms with Crippen molar-refractivity contribution >= 4 is 21.4 Å². The van der Waals surface area contributed by atoms with Crippen LogP contribution < -0.4 is 10.1 Å². The van der Waals surface area contributed by atoms with Crippen molar-refractivity contribution in [1.82, 2.24) is 0 Å². The SMILES string of the molecule is COc1ccc(C)cc1NC(=O)CCS(=O)(=O)c1ccc(F)cc1. The number of carbonyl (C=O) groups is 1. The first-order valence-corrected chi connectivity index (χ1v) is 8.90. The van der Waals surface area contributed by atoms with E-state index in [0.717, 1.165) is 17.7 Å². The molecule has 24 heavy (non-hydrogen) atoms. The number of anilines is 1. The Balaban J connectivity index is 2.03. The zero-order valence-corrected chi connectivity index (χ0v) is 14.2. The van der Waals surface area contributed by atoms with Gasteiger partial charge in [0.25, 0.3) is 0 Å². The van der Waals surface area contributed by atoms with E-state index in [1.165, 1.54) is 19.2 Å². The summed E-state index contributed by atoms with van der Waals surface area (Å²) in [6.45, 7) is 1.87. The molecule has 0 heterocycles. The van der Waals surface area contributed by atoms with Gasteiger partial charge in [-0.2, -0.15) is 0 Å². The van der Waals surface area contributed by atoms with Crippen LogP contribution in [0.1, 0.15) is 12.0 Å². The van der Waals surface area contributed by atoms with E-state index in [1.807, 2.05) is 13.0 Å². The number of aryl methyl sites for hydroxylation is 1. The summed E-state index contributed by atoms with van der Waals surface area (Å²) < 4.78 is 42.3. The van der Waals surface area contributed by atoms with Crippen LogP contribution in [0.2, 0.25) is 0 Å². The van der Waals surface area contributed by atoms with Gasteiger partial charge < -0.3 is 10.1 Å². The molecule has 1 amide bonds. The molecule has 0 aliphatic rings. The van der Waals surface area contributed by atoms with Gasteiger partial charge in [-0.3, -0.25) is 4.79 Å². The van der Waals surface area contributed by atoms with Gasteiger partial charge in [0, 0.05) is 6.42 Å². The van der Waals surface area contributed by atoms with Crippen LogP contribution in [0.3, 0.4) is 0 Å². The molecule has 0 atom stereocenters. The van der Waals surface area contributed by atoms with E-state index < -0.39 is 21.6 Å². The number of benzene rings is 2. The molecule has 0 unspecified atom stereocenters. The summed E-state index contributed by atoms with van der Waals surface area (Å²) in [7, 11) is -2.16. The summed E-state index contributed by atoms with van der Waals surface area (Å²) in [5.74, 6) is -0.823. The maximum absolute atomic E-state index is 12.9. The molecule has 0 radical (unpaired) electrons. The topological polar surface area (TPSA) is 72.5 Å². The lowest BCUT2D eigenvalue weighted by Crippen LogP contribution is -2.18. The molecular weight excluding hydrogens is 333 g/mol. The van der Waals surface area contributed by atoms with Crippen LogP contribution in [0.5, 0.6) is 5.75 Å². The number of amides is 1. The average molecular weight is 351 g/mol. The second-order valence-corrected chi connectivity index (χ2v) is 7.38. The smallest absolute Gasteiger partial charge is 0.225 e. The van der Waals surface area contributed by atoms with Crippen molar-refractivity contribution in [2.75, 3.05) is 18.2 Å². The highest BCUT2D eigenvalue weighted by atomic mass is 32.2. The fourth-order valence-electron chi connectivity index (χ4n) is 2.12. The molecule has 2 aromatic carbocycles. The number of methoxy groups -OCH3 is 1. The summed E-state index contributed by atoms with van der Waals surface area (Å²) in [5.41, 5.74) is 1.42. The molecule has 0 fully saturated rings. The van der Waals surface area contributed by atoms with E-state index in [9.17, 15) is 17.6 Å². The van der Waals surface area contributed by atoms with Crippen LogP contribution in [-0.2, 0) is 14.6 Å². The normalized spacial score (nSPS) is 11.1. The lowest BCUT2D eigenvalue weighted by molar-refractivity contribution is -0.115. The molecule has 5 nitrogen and oxygen atoms in total. The van der Waals surface area contributed by atoms with Crippen molar-refractivity contribution in [2.24, 2.45) is 0 Å². The van der Waals surface area contributed by atoms with Crippen LogP contribution in [0, 0.1) is 12.7 Å². The monoisotopic (exact) mass is 351 g/mol. The first-order chi connectivity index (χ1) is 11.3. The summed E-state index contributed by atoms with van der Waals surface area (Å²) in [5, 5.41) is 2.65. The molecular formula is C17H18FNO4S. The number of hydrogen-bond acceptors (Lipinski definition) is 4. The molecule has 0 bridgehead atoms. The maximum Gasteiger partial charge on any atom is 0.225 e. The second-order valence-electron chi connectivity index (χ2n) is 5.27. The highest BCUT2D eigenvalue weighted by Gasteiger charge is 2.17. The predicted molar refractivity (Wildman–Crippen MR) is 89.4 cm³/mol. The number of halogens is 1. The van der Waals surface area contributed by atoms with Gasteiger partial charge in [0.05, 0.1) is 23.4 Å². The summed E-state index contributed by atoms with van der Waals surface area (Å²) in [6, 6.07) is 9.83. The Morgan fingerprint density at radius 1 is 1.17 bits per heavy atom. The van der Waals surface area contributed by atoms with Gasteiger partial charge in [-0.25, -0.2) is 12.8 Å². The number of carbonyl (C=O) groups excluding carboxylic acids is 1. The Labute approximate surface area is 140 Å². The lowest BCUT2D eigenvalue weighted by atomic mass is 10.2. The Morgan fingerprint density at radius 2 is 1.83 bits per heavy atom. The summed E-state index contributed by atoms with van der Waals surface area (Å²) in [4.78, 5) is 12.0. The van der Waals surface area contributed by atoms with Crippen LogP contribution in [0.25, 0.3) is 0 Å². The first kappa shape index (κ1) is 17.9. The van der Waals surface area contributed by atoms with Crippen LogP contribution in [-0.4, -0.2) is 27.2 Å². The molecule has 2 aromatic rings. The highest BCUT2D eigenvalue weighted by molar-refractivity contribution is 7.91. The van der Waals surface area contributed by atoms with Gasteiger partial charge in [-0.05, 0) is 48.9 Å². The van der Waals surface area contributed by atoms with Crippen molar-refractivity contribution in [2.45, 2.75) is 18.2 Å². The first-order valence-electron chi connectivity index (χ1n) is 7.24. The van der Waals surface area contributed by atoms with Gasteiger partial charge >= 0.3 is 0 Å². The highest BCUT2D eigenvalue weighted by Crippen LogP contribution is 2.25. The minimum atomic E-state index is -3.65. The van der Waals surface area contributed by atoms with Gasteiger partial charge in [0.1, 0.15) is 11.6 Å². The molecule has 0 saturated carbocycles. The third-order valence-corrected chi connectivity index (χ3v) is 5.13. The number of sulfone groups is 1. The number of nitrogens with one attached hydrogen (secondary N) is 1. The zero-order valence-electron chi connectivity index (χ0n) is 13.4. The van der Waals surface area contributed by atoms with E-state index in [1.54, 1.807) is 12.1 Å². The molecule has 0 saturated heterocycles. The minimum Gasteiger partial charge on any atom is -0.495 e. The quantitative estimate of drug-likeness (QED) is 0.812. The van der Waals surface area contributed by atoms with Crippen molar-refractivity contribution in [3.05, 3.63) is 53.8 Å². The van der Waals surface area contributed by atoms with Crippen molar-refractivity contribution < 1.29 is 22.3 Å². The fourth-order valence-corrected chi connectivity index (χ4v) is 3.36. The van der Waals surface area contributed by atoms with Crippen LogP contribution in [0.4, 0.5) is 10.1 Å². The maximum atomic E-state index is 12.9. The molecule has 0 spiro atoms. The van der Waals surface area contributed by atoms with Crippen molar-refractivity contribution in [3.8, 4) is 5.75 Å². The number of hydrogen-bond donors (Lipinski definition) is 1. The molecule has 1 N–H and O–H groups in total. The van der Waals surface area contributed by atoms with Gasteiger partial charge in [-0.1, -0.05) is 6.07 Å². The third-order valence-electron chi connectivity index (χ3n) is 3.40. The molecule has 7 heteroatoms. The Bertz CT molecular complexity index is 832.